The van der Waals surface area contributed by atoms with Crippen molar-refractivity contribution < 1.29 is 13.6 Å². The van der Waals surface area contributed by atoms with Crippen LogP contribution in [0.3, 0.4) is 0 Å². The summed E-state index contributed by atoms with van der Waals surface area (Å²) in [5.41, 5.74) is 1.63. The van der Waals surface area contributed by atoms with Gasteiger partial charge in [-0.3, -0.25) is 4.79 Å². The average molecular weight is 344 g/mol. The molecule has 130 valence electrons. The molecule has 0 atom stereocenters. The molecule has 2 heterocycles. The van der Waals surface area contributed by atoms with Crippen molar-refractivity contribution >= 4 is 11.7 Å². The molecule has 2 aromatic rings. The van der Waals surface area contributed by atoms with Gasteiger partial charge in [-0.2, -0.15) is 0 Å². The van der Waals surface area contributed by atoms with Gasteiger partial charge in [0.15, 0.2) is 11.6 Å². The zero-order valence-corrected chi connectivity index (χ0v) is 13.7. The summed E-state index contributed by atoms with van der Waals surface area (Å²) in [4.78, 5) is 24.6. The van der Waals surface area contributed by atoms with Crippen LogP contribution in [-0.2, 0) is 11.3 Å². The highest BCUT2D eigenvalue weighted by molar-refractivity contribution is 5.82. The van der Waals surface area contributed by atoms with Crippen molar-refractivity contribution in [2.24, 2.45) is 0 Å². The van der Waals surface area contributed by atoms with Crippen molar-refractivity contribution in [3.8, 4) is 0 Å². The Morgan fingerprint density at radius 3 is 2.64 bits per heavy atom. The van der Waals surface area contributed by atoms with E-state index in [1.54, 1.807) is 11.2 Å². The van der Waals surface area contributed by atoms with Gasteiger partial charge < -0.3 is 9.80 Å². The lowest BCUT2D eigenvalue weighted by atomic mass is 10.2. The van der Waals surface area contributed by atoms with Crippen LogP contribution in [0.25, 0.3) is 0 Å². The van der Waals surface area contributed by atoms with Gasteiger partial charge in [-0.05, 0) is 30.5 Å². The van der Waals surface area contributed by atoms with Crippen LogP contribution in [0.2, 0.25) is 0 Å². The number of nitrogens with zero attached hydrogens (tertiary/aromatic N) is 4. The van der Waals surface area contributed by atoms with E-state index in [0.717, 1.165) is 36.5 Å². The second-order valence-corrected chi connectivity index (χ2v) is 6.56. The Morgan fingerprint density at radius 1 is 1.08 bits per heavy atom. The van der Waals surface area contributed by atoms with Crippen molar-refractivity contribution in [1.29, 1.82) is 0 Å². The summed E-state index contributed by atoms with van der Waals surface area (Å²) in [7, 11) is 0. The molecule has 2 aliphatic rings. The van der Waals surface area contributed by atoms with E-state index in [9.17, 15) is 13.6 Å². The molecule has 2 fully saturated rings. The molecule has 4 rings (SSSR count). The summed E-state index contributed by atoms with van der Waals surface area (Å²) in [5.74, 6) is -0.514. The third kappa shape index (κ3) is 3.45. The number of piperazine rings is 1. The Hall–Kier alpha value is -2.57. The van der Waals surface area contributed by atoms with Crippen molar-refractivity contribution in [3.05, 3.63) is 53.5 Å². The molecule has 1 amide bonds. The lowest BCUT2D eigenvalue weighted by molar-refractivity contribution is -0.131. The highest BCUT2D eigenvalue weighted by Crippen LogP contribution is 2.39. The van der Waals surface area contributed by atoms with E-state index in [4.69, 9.17) is 0 Å². The summed E-state index contributed by atoms with van der Waals surface area (Å²) in [6.45, 7) is 1.67. The zero-order valence-electron chi connectivity index (χ0n) is 13.7. The van der Waals surface area contributed by atoms with Crippen molar-refractivity contribution in [1.82, 2.24) is 14.9 Å². The van der Waals surface area contributed by atoms with Gasteiger partial charge in [0.25, 0.3) is 0 Å². The molecule has 0 radical (unpaired) electrons. The van der Waals surface area contributed by atoms with Gasteiger partial charge in [0.2, 0.25) is 5.91 Å². The predicted molar refractivity (Wildman–Crippen MR) is 88.0 cm³/mol. The Balaban J connectivity index is 1.42. The van der Waals surface area contributed by atoms with Crippen molar-refractivity contribution in [2.45, 2.75) is 25.3 Å². The largest absolute Gasteiger partial charge is 0.345 e. The first-order valence-corrected chi connectivity index (χ1v) is 8.39. The number of hydrogen-bond acceptors (Lipinski definition) is 4. The fraction of sp³-hybridized carbons (Fsp3) is 0.389. The Kier molecular flexibility index (Phi) is 4.07. The number of amides is 1. The minimum Gasteiger partial charge on any atom is -0.345 e. The topological polar surface area (TPSA) is 49.3 Å². The molecule has 1 saturated heterocycles. The van der Waals surface area contributed by atoms with E-state index in [2.05, 4.69) is 9.97 Å². The second kappa shape index (κ2) is 6.38. The molecule has 7 heteroatoms. The van der Waals surface area contributed by atoms with Crippen molar-refractivity contribution in [3.63, 3.8) is 0 Å². The number of halogens is 2. The van der Waals surface area contributed by atoms with E-state index >= 15 is 0 Å². The van der Waals surface area contributed by atoms with Crippen LogP contribution in [0, 0.1) is 11.6 Å². The van der Waals surface area contributed by atoms with E-state index < -0.39 is 11.6 Å². The molecule has 1 aromatic heterocycles. The number of rotatable bonds is 4. The molecular weight excluding hydrogens is 326 g/mol. The highest BCUT2D eigenvalue weighted by atomic mass is 19.2. The van der Waals surface area contributed by atoms with Crippen LogP contribution in [0.1, 0.15) is 30.0 Å². The van der Waals surface area contributed by atoms with Gasteiger partial charge in [0.1, 0.15) is 12.1 Å². The van der Waals surface area contributed by atoms with Crippen LogP contribution >= 0.6 is 0 Å². The average Bonchev–Trinajstić information content (AvgIpc) is 3.45. The minimum atomic E-state index is -0.892. The van der Waals surface area contributed by atoms with Crippen LogP contribution in [-0.4, -0.2) is 40.4 Å². The normalized spacial score (nSPS) is 17.9. The SMILES string of the molecule is O=C1CN(c2cc(C3CC3)ncn2)CCN1Cc1ccc(F)c(F)c1. The molecule has 0 N–H and O–H groups in total. The quantitative estimate of drug-likeness (QED) is 0.855. The van der Waals surface area contributed by atoms with Crippen LogP contribution in [0.5, 0.6) is 0 Å². The van der Waals surface area contributed by atoms with E-state index in [-0.39, 0.29) is 19.0 Å². The standard InChI is InChI=1S/C18H18F2N4O/c19-14-4-1-12(7-15(14)20)9-24-6-5-23(10-18(24)25)17-8-16(13-2-3-13)21-11-22-17/h1,4,7-8,11,13H,2-3,5-6,9-10H2. The van der Waals surface area contributed by atoms with Crippen LogP contribution < -0.4 is 4.90 Å². The van der Waals surface area contributed by atoms with Gasteiger partial charge in [-0.1, -0.05) is 6.07 Å². The predicted octanol–water partition coefficient (Wildman–Crippen LogP) is 2.48. The molecule has 1 aromatic carbocycles. The summed E-state index contributed by atoms with van der Waals surface area (Å²) in [6.07, 6.45) is 3.88. The summed E-state index contributed by atoms with van der Waals surface area (Å²) < 4.78 is 26.3. The third-order valence-corrected chi connectivity index (χ3v) is 4.67. The number of carbonyl (C=O) groups excluding carboxylic acids is 1. The molecule has 25 heavy (non-hydrogen) atoms. The summed E-state index contributed by atoms with van der Waals surface area (Å²) >= 11 is 0. The molecule has 0 spiro atoms. The van der Waals surface area contributed by atoms with Crippen molar-refractivity contribution in [2.75, 3.05) is 24.5 Å². The minimum absolute atomic E-state index is 0.0532. The first-order chi connectivity index (χ1) is 12.1. The number of benzene rings is 1. The number of carbonyl (C=O) groups is 1. The maximum Gasteiger partial charge on any atom is 0.242 e. The van der Waals surface area contributed by atoms with E-state index in [1.807, 2.05) is 11.0 Å². The fourth-order valence-corrected chi connectivity index (χ4v) is 3.07. The van der Waals surface area contributed by atoms with E-state index in [0.29, 0.717) is 24.6 Å². The molecule has 1 aliphatic carbocycles. The zero-order chi connectivity index (χ0) is 17.4. The second-order valence-electron chi connectivity index (χ2n) is 6.56. The van der Waals surface area contributed by atoms with Gasteiger partial charge >= 0.3 is 0 Å². The maximum absolute atomic E-state index is 13.3. The number of aromatic nitrogens is 2. The molecule has 1 saturated carbocycles. The van der Waals surface area contributed by atoms with Gasteiger partial charge in [-0.15, -0.1) is 0 Å². The van der Waals surface area contributed by atoms with Crippen LogP contribution in [0.4, 0.5) is 14.6 Å². The Bertz CT molecular complexity index is 809. The smallest absolute Gasteiger partial charge is 0.242 e. The van der Waals surface area contributed by atoms with Gasteiger partial charge in [-0.25, -0.2) is 18.7 Å². The molecule has 5 nitrogen and oxygen atoms in total. The van der Waals surface area contributed by atoms with E-state index in [1.165, 1.54) is 6.07 Å². The molecule has 1 aliphatic heterocycles. The highest BCUT2D eigenvalue weighted by Gasteiger charge is 2.28. The maximum atomic E-state index is 13.3. The molecule has 0 bridgehead atoms. The molecular formula is C18H18F2N4O. The summed E-state index contributed by atoms with van der Waals surface area (Å²) in [6, 6.07) is 5.70. The Morgan fingerprint density at radius 2 is 1.92 bits per heavy atom. The first-order valence-electron chi connectivity index (χ1n) is 8.39. The number of hydrogen-bond donors (Lipinski definition) is 0. The van der Waals surface area contributed by atoms with Gasteiger partial charge in [0.05, 0.1) is 6.54 Å². The first kappa shape index (κ1) is 15.9. The monoisotopic (exact) mass is 344 g/mol. The number of anilines is 1. The fourth-order valence-electron chi connectivity index (χ4n) is 3.07. The third-order valence-electron chi connectivity index (χ3n) is 4.67. The summed E-state index contributed by atoms with van der Waals surface area (Å²) in [5, 5.41) is 0. The Labute approximate surface area is 144 Å². The lowest BCUT2D eigenvalue weighted by Gasteiger charge is -2.35. The molecule has 0 unspecified atom stereocenters. The van der Waals surface area contributed by atoms with Crippen LogP contribution in [0.15, 0.2) is 30.6 Å². The lowest BCUT2D eigenvalue weighted by Crippen LogP contribution is -2.50. The van der Waals surface area contributed by atoms with Gasteiger partial charge in [0, 0.05) is 37.3 Å².